The van der Waals surface area contributed by atoms with Crippen molar-refractivity contribution in [3.63, 3.8) is 0 Å². The van der Waals surface area contributed by atoms with Gasteiger partial charge in [0, 0.05) is 5.69 Å². The predicted octanol–water partition coefficient (Wildman–Crippen LogP) is 2.86. The van der Waals surface area contributed by atoms with Crippen LogP contribution in [0.2, 0.25) is 0 Å². The summed E-state index contributed by atoms with van der Waals surface area (Å²) < 4.78 is 43.5. The van der Waals surface area contributed by atoms with Crippen LogP contribution in [0.3, 0.4) is 0 Å². The van der Waals surface area contributed by atoms with Crippen molar-refractivity contribution in [2.75, 3.05) is 25.6 Å². The molecule has 0 aliphatic heterocycles. The van der Waals surface area contributed by atoms with E-state index in [9.17, 15) is 18.4 Å². The molecule has 0 atom stereocenters. The molecular formula is C18H17F2NO6. The molecule has 1 amide bonds. The van der Waals surface area contributed by atoms with Gasteiger partial charge < -0.3 is 24.3 Å². The van der Waals surface area contributed by atoms with Crippen LogP contribution in [0.15, 0.2) is 48.5 Å². The Labute approximate surface area is 153 Å². The van der Waals surface area contributed by atoms with Crippen LogP contribution >= 0.6 is 0 Å². The van der Waals surface area contributed by atoms with Crippen molar-refractivity contribution in [1.82, 2.24) is 0 Å². The van der Waals surface area contributed by atoms with Crippen LogP contribution in [0, 0.1) is 0 Å². The SMILES string of the molecule is COc1ccccc1OCC(=O)OCC(=O)Nc1ccc(OC(F)F)cc1. The number of esters is 1. The Kier molecular flexibility index (Phi) is 7.36. The molecule has 0 unspecified atom stereocenters. The molecule has 0 aliphatic rings. The van der Waals surface area contributed by atoms with Gasteiger partial charge in [-0.3, -0.25) is 4.79 Å². The number of rotatable bonds is 9. The number of carbonyl (C=O) groups is 2. The molecular weight excluding hydrogens is 364 g/mol. The van der Waals surface area contributed by atoms with Gasteiger partial charge in [0.15, 0.2) is 24.7 Å². The van der Waals surface area contributed by atoms with Crippen molar-refractivity contribution < 1.29 is 37.3 Å². The monoisotopic (exact) mass is 381 g/mol. The lowest BCUT2D eigenvalue weighted by Crippen LogP contribution is -2.23. The van der Waals surface area contributed by atoms with Crippen LogP contribution in [-0.2, 0) is 14.3 Å². The second-order valence-corrected chi connectivity index (χ2v) is 5.05. The maximum atomic E-state index is 12.1. The summed E-state index contributed by atoms with van der Waals surface area (Å²) in [5, 5.41) is 2.45. The van der Waals surface area contributed by atoms with Crippen LogP contribution in [0.4, 0.5) is 14.5 Å². The fourth-order valence-electron chi connectivity index (χ4n) is 1.98. The van der Waals surface area contributed by atoms with Gasteiger partial charge in [-0.1, -0.05) is 12.1 Å². The van der Waals surface area contributed by atoms with Crippen LogP contribution < -0.4 is 19.5 Å². The Hall–Kier alpha value is -3.36. The highest BCUT2D eigenvalue weighted by Gasteiger charge is 2.11. The average molecular weight is 381 g/mol. The summed E-state index contributed by atoms with van der Waals surface area (Å²) in [6, 6.07) is 12.1. The molecule has 0 fully saturated rings. The lowest BCUT2D eigenvalue weighted by Gasteiger charge is -2.10. The number of methoxy groups -OCH3 is 1. The van der Waals surface area contributed by atoms with Crippen molar-refractivity contribution in [2.24, 2.45) is 0 Å². The molecule has 0 saturated heterocycles. The molecule has 7 nitrogen and oxygen atoms in total. The third-order valence-electron chi connectivity index (χ3n) is 3.14. The molecule has 2 aromatic carbocycles. The minimum Gasteiger partial charge on any atom is -0.493 e. The Bertz CT molecular complexity index is 767. The fraction of sp³-hybridized carbons (Fsp3) is 0.222. The maximum Gasteiger partial charge on any atom is 0.387 e. The molecule has 0 aliphatic carbocycles. The average Bonchev–Trinajstić information content (AvgIpc) is 2.66. The number of para-hydroxylation sites is 2. The molecule has 0 radical (unpaired) electrons. The quantitative estimate of drug-likeness (QED) is 0.673. The number of benzene rings is 2. The van der Waals surface area contributed by atoms with E-state index >= 15 is 0 Å². The zero-order chi connectivity index (χ0) is 19.6. The molecule has 9 heteroatoms. The first-order valence-corrected chi connectivity index (χ1v) is 7.74. The minimum atomic E-state index is -2.93. The smallest absolute Gasteiger partial charge is 0.387 e. The number of anilines is 1. The summed E-state index contributed by atoms with van der Waals surface area (Å²) in [7, 11) is 1.47. The molecule has 0 saturated carbocycles. The lowest BCUT2D eigenvalue weighted by molar-refractivity contribution is -0.149. The minimum absolute atomic E-state index is 0.0390. The maximum absolute atomic E-state index is 12.1. The number of amides is 1. The van der Waals surface area contributed by atoms with Crippen LogP contribution in [-0.4, -0.2) is 38.8 Å². The first-order chi connectivity index (χ1) is 13.0. The molecule has 0 spiro atoms. The van der Waals surface area contributed by atoms with Crippen molar-refractivity contribution in [3.8, 4) is 17.2 Å². The van der Waals surface area contributed by atoms with Gasteiger partial charge in [0.25, 0.3) is 5.91 Å². The Balaban J connectivity index is 1.74. The highest BCUT2D eigenvalue weighted by molar-refractivity contribution is 5.92. The number of nitrogens with one attached hydrogen (secondary N) is 1. The van der Waals surface area contributed by atoms with E-state index in [0.717, 1.165) is 0 Å². The topological polar surface area (TPSA) is 83.1 Å². The molecule has 2 rings (SSSR count). The van der Waals surface area contributed by atoms with Gasteiger partial charge in [0.2, 0.25) is 0 Å². The zero-order valence-corrected chi connectivity index (χ0v) is 14.3. The van der Waals surface area contributed by atoms with Crippen molar-refractivity contribution in [3.05, 3.63) is 48.5 Å². The van der Waals surface area contributed by atoms with Gasteiger partial charge >= 0.3 is 12.6 Å². The molecule has 144 valence electrons. The van der Waals surface area contributed by atoms with E-state index in [-0.39, 0.29) is 5.75 Å². The third kappa shape index (κ3) is 6.81. The summed E-state index contributed by atoms with van der Waals surface area (Å²) in [6.07, 6.45) is 0. The third-order valence-corrected chi connectivity index (χ3v) is 3.14. The van der Waals surface area contributed by atoms with Crippen molar-refractivity contribution >= 4 is 17.6 Å². The van der Waals surface area contributed by atoms with E-state index in [2.05, 4.69) is 10.1 Å². The first kappa shape index (κ1) is 20.0. The van der Waals surface area contributed by atoms with Gasteiger partial charge in [-0.2, -0.15) is 8.78 Å². The fourth-order valence-corrected chi connectivity index (χ4v) is 1.98. The Morgan fingerprint density at radius 2 is 1.67 bits per heavy atom. The Morgan fingerprint density at radius 1 is 1.00 bits per heavy atom. The second kappa shape index (κ2) is 9.95. The molecule has 0 heterocycles. The normalized spacial score (nSPS) is 10.2. The zero-order valence-electron chi connectivity index (χ0n) is 14.3. The van der Waals surface area contributed by atoms with E-state index in [1.54, 1.807) is 24.3 Å². The van der Waals surface area contributed by atoms with E-state index in [4.69, 9.17) is 14.2 Å². The molecule has 27 heavy (non-hydrogen) atoms. The molecule has 1 N–H and O–H groups in total. The van der Waals surface area contributed by atoms with Crippen LogP contribution in [0.1, 0.15) is 0 Å². The summed E-state index contributed by atoms with van der Waals surface area (Å²) in [6.45, 7) is -3.85. The summed E-state index contributed by atoms with van der Waals surface area (Å²) in [5.41, 5.74) is 0.336. The van der Waals surface area contributed by atoms with Crippen molar-refractivity contribution in [2.45, 2.75) is 6.61 Å². The highest BCUT2D eigenvalue weighted by atomic mass is 19.3. The van der Waals surface area contributed by atoms with Gasteiger partial charge in [-0.05, 0) is 36.4 Å². The number of ether oxygens (including phenoxy) is 4. The van der Waals surface area contributed by atoms with E-state index in [0.29, 0.717) is 17.2 Å². The number of hydrogen-bond donors (Lipinski definition) is 1. The number of alkyl halides is 2. The standard InChI is InChI=1S/C18H17F2NO6/c1-24-14-4-2-3-5-15(14)25-11-17(23)26-10-16(22)21-12-6-8-13(9-7-12)27-18(19)20/h2-9,18H,10-11H2,1H3,(H,21,22). The summed E-state index contributed by atoms with van der Waals surface area (Å²) in [5.74, 6) is -0.544. The number of halogens is 2. The van der Waals surface area contributed by atoms with Gasteiger partial charge in [0.05, 0.1) is 7.11 Å². The molecule has 2 aromatic rings. The summed E-state index contributed by atoms with van der Waals surface area (Å²) >= 11 is 0. The van der Waals surface area contributed by atoms with Crippen LogP contribution in [0.5, 0.6) is 17.2 Å². The van der Waals surface area contributed by atoms with E-state index < -0.39 is 31.7 Å². The van der Waals surface area contributed by atoms with Gasteiger partial charge in [-0.25, -0.2) is 4.79 Å². The van der Waals surface area contributed by atoms with Gasteiger partial charge in [-0.15, -0.1) is 0 Å². The van der Waals surface area contributed by atoms with Crippen LogP contribution in [0.25, 0.3) is 0 Å². The largest absolute Gasteiger partial charge is 0.493 e. The number of carbonyl (C=O) groups excluding carboxylic acids is 2. The molecule has 0 bridgehead atoms. The van der Waals surface area contributed by atoms with Gasteiger partial charge in [0.1, 0.15) is 5.75 Å². The second-order valence-electron chi connectivity index (χ2n) is 5.05. The molecule has 0 aromatic heterocycles. The summed E-state index contributed by atoms with van der Waals surface area (Å²) in [4.78, 5) is 23.4. The lowest BCUT2D eigenvalue weighted by atomic mass is 10.3. The predicted molar refractivity (Wildman–Crippen MR) is 91.2 cm³/mol. The van der Waals surface area contributed by atoms with Crippen molar-refractivity contribution in [1.29, 1.82) is 0 Å². The van der Waals surface area contributed by atoms with E-state index in [1.165, 1.54) is 31.4 Å². The van der Waals surface area contributed by atoms with E-state index in [1.807, 2.05) is 0 Å². The first-order valence-electron chi connectivity index (χ1n) is 7.74. The highest BCUT2D eigenvalue weighted by Crippen LogP contribution is 2.25. The Morgan fingerprint density at radius 3 is 2.30 bits per heavy atom. The number of hydrogen-bond acceptors (Lipinski definition) is 6.